The van der Waals surface area contributed by atoms with Crippen molar-refractivity contribution in [1.82, 2.24) is 4.98 Å². The smallest absolute Gasteiger partial charge is 0.218 e. The van der Waals surface area contributed by atoms with Crippen molar-refractivity contribution >= 4 is 5.57 Å². The number of ether oxygens (including phenoxy) is 4. The van der Waals surface area contributed by atoms with Gasteiger partial charge < -0.3 is 18.9 Å². The Bertz CT molecular complexity index is 659. The number of hydrogen-bond donors (Lipinski definition) is 0. The van der Waals surface area contributed by atoms with Gasteiger partial charge in [0.05, 0.1) is 5.69 Å². The van der Waals surface area contributed by atoms with Gasteiger partial charge in [0.2, 0.25) is 5.79 Å². The zero-order valence-electron chi connectivity index (χ0n) is 14.1. The maximum atomic E-state index is 5.78. The van der Waals surface area contributed by atoms with Crippen LogP contribution in [0.4, 0.5) is 0 Å². The van der Waals surface area contributed by atoms with Gasteiger partial charge in [-0.3, -0.25) is 4.98 Å². The fourth-order valence-corrected chi connectivity index (χ4v) is 3.22. The standard InChI is InChI=1S/C18H23NO4/c1-5-6-15-17-13(9-12(2)19-15)14(10-18(17,20-3)21-4)16-11-22-7-8-23-16/h9-11H,5-8H2,1-4H3. The monoisotopic (exact) mass is 317 g/mol. The predicted octanol–water partition coefficient (Wildman–Crippen LogP) is 3.07. The lowest BCUT2D eigenvalue weighted by Gasteiger charge is -2.27. The second-order valence-corrected chi connectivity index (χ2v) is 5.72. The lowest BCUT2D eigenvalue weighted by Crippen LogP contribution is -2.28. The molecule has 0 aromatic carbocycles. The summed E-state index contributed by atoms with van der Waals surface area (Å²) in [5.74, 6) is -0.223. The third-order valence-corrected chi connectivity index (χ3v) is 4.20. The predicted molar refractivity (Wildman–Crippen MR) is 86.6 cm³/mol. The van der Waals surface area contributed by atoms with Crippen LogP contribution in [0.3, 0.4) is 0 Å². The van der Waals surface area contributed by atoms with Gasteiger partial charge in [0, 0.05) is 31.1 Å². The minimum absolute atomic E-state index is 0.539. The molecule has 1 aromatic heterocycles. The largest absolute Gasteiger partial charge is 0.494 e. The molecular formula is C18H23NO4. The third kappa shape index (κ3) is 2.64. The highest BCUT2D eigenvalue weighted by atomic mass is 16.7. The van der Waals surface area contributed by atoms with E-state index in [1.54, 1.807) is 20.5 Å². The molecule has 5 nitrogen and oxygen atoms in total. The summed E-state index contributed by atoms with van der Waals surface area (Å²) in [6, 6.07) is 2.05. The summed E-state index contributed by atoms with van der Waals surface area (Å²) in [5.41, 5.74) is 4.93. The summed E-state index contributed by atoms with van der Waals surface area (Å²) in [7, 11) is 3.30. The van der Waals surface area contributed by atoms with Crippen molar-refractivity contribution in [2.75, 3.05) is 27.4 Å². The highest BCUT2D eigenvalue weighted by molar-refractivity contribution is 5.84. The summed E-state index contributed by atoms with van der Waals surface area (Å²) >= 11 is 0. The van der Waals surface area contributed by atoms with Gasteiger partial charge in [-0.2, -0.15) is 0 Å². The Kier molecular flexibility index (Phi) is 4.41. The number of nitrogens with zero attached hydrogens (tertiary/aromatic N) is 1. The number of aryl methyl sites for hydroxylation is 2. The minimum atomic E-state index is -0.933. The molecule has 2 heterocycles. The van der Waals surface area contributed by atoms with Crippen LogP contribution in [0.1, 0.15) is 35.9 Å². The molecule has 0 unspecified atom stereocenters. The van der Waals surface area contributed by atoms with Crippen LogP contribution in [0, 0.1) is 6.92 Å². The molecule has 0 bridgehead atoms. The maximum Gasteiger partial charge on any atom is 0.218 e. The first-order chi connectivity index (χ1) is 11.1. The Balaban J connectivity index is 2.20. The third-order valence-electron chi connectivity index (χ3n) is 4.20. The van der Waals surface area contributed by atoms with Crippen molar-refractivity contribution in [3.8, 4) is 0 Å². The maximum absolute atomic E-state index is 5.78. The molecule has 0 amide bonds. The lowest BCUT2D eigenvalue weighted by atomic mass is 9.98. The van der Waals surface area contributed by atoms with Crippen molar-refractivity contribution in [3.63, 3.8) is 0 Å². The van der Waals surface area contributed by atoms with Crippen LogP contribution in [0.25, 0.3) is 5.57 Å². The molecule has 1 aromatic rings. The van der Waals surface area contributed by atoms with Crippen LogP contribution in [-0.4, -0.2) is 32.4 Å². The van der Waals surface area contributed by atoms with Gasteiger partial charge in [-0.15, -0.1) is 0 Å². The van der Waals surface area contributed by atoms with Gasteiger partial charge in [-0.1, -0.05) is 13.3 Å². The number of rotatable bonds is 5. The van der Waals surface area contributed by atoms with Crippen molar-refractivity contribution in [2.24, 2.45) is 0 Å². The minimum Gasteiger partial charge on any atom is -0.494 e. The molecule has 0 saturated heterocycles. The second-order valence-electron chi connectivity index (χ2n) is 5.72. The van der Waals surface area contributed by atoms with E-state index in [-0.39, 0.29) is 0 Å². The summed E-state index contributed by atoms with van der Waals surface area (Å²) in [6.07, 6.45) is 5.49. The van der Waals surface area contributed by atoms with Gasteiger partial charge in [0.1, 0.15) is 19.5 Å². The first kappa shape index (κ1) is 16.0. The Morgan fingerprint density at radius 2 is 2.04 bits per heavy atom. The van der Waals surface area contributed by atoms with Crippen molar-refractivity contribution in [2.45, 2.75) is 32.5 Å². The Hall–Kier alpha value is -1.85. The van der Waals surface area contributed by atoms with Crippen molar-refractivity contribution in [3.05, 3.63) is 46.7 Å². The number of pyridine rings is 1. The Morgan fingerprint density at radius 1 is 1.26 bits per heavy atom. The molecular weight excluding hydrogens is 294 g/mol. The Labute approximate surface area is 136 Å². The van der Waals surface area contributed by atoms with Crippen LogP contribution in [0.15, 0.2) is 24.2 Å². The molecule has 0 fully saturated rings. The summed E-state index contributed by atoms with van der Waals surface area (Å²) in [5, 5.41) is 0. The zero-order valence-corrected chi connectivity index (χ0v) is 14.1. The molecule has 5 heteroatoms. The number of allylic oxidation sites excluding steroid dienone is 1. The summed E-state index contributed by atoms with van der Waals surface area (Å²) in [4.78, 5) is 4.72. The summed E-state index contributed by atoms with van der Waals surface area (Å²) < 4.78 is 22.7. The Morgan fingerprint density at radius 3 is 2.65 bits per heavy atom. The van der Waals surface area contributed by atoms with Crippen molar-refractivity contribution < 1.29 is 18.9 Å². The van der Waals surface area contributed by atoms with Gasteiger partial charge in [0.25, 0.3) is 0 Å². The summed E-state index contributed by atoms with van der Waals surface area (Å²) in [6.45, 7) is 5.25. The topological polar surface area (TPSA) is 49.8 Å². The van der Waals surface area contributed by atoms with Crippen LogP contribution in [-0.2, 0) is 31.2 Å². The van der Waals surface area contributed by atoms with Crippen LogP contribution in [0.5, 0.6) is 0 Å². The molecule has 0 N–H and O–H groups in total. The van der Waals surface area contributed by atoms with E-state index in [0.717, 1.165) is 40.9 Å². The fourth-order valence-electron chi connectivity index (χ4n) is 3.22. The van der Waals surface area contributed by atoms with Gasteiger partial charge in [0.15, 0.2) is 5.76 Å². The molecule has 124 valence electrons. The molecule has 23 heavy (non-hydrogen) atoms. The quantitative estimate of drug-likeness (QED) is 0.781. The van der Waals surface area contributed by atoms with Crippen LogP contribution < -0.4 is 0 Å². The number of aromatic nitrogens is 1. The number of hydrogen-bond acceptors (Lipinski definition) is 5. The van der Waals surface area contributed by atoms with Crippen LogP contribution in [0.2, 0.25) is 0 Å². The molecule has 0 spiro atoms. The van der Waals surface area contributed by atoms with Crippen LogP contribution >= 0.6 is 0 Å². The lowest BCUT2D eigenvalue weighted by molar-refractivity contribution is -0.176. The highest BCUT2D eigenvalue weighted by Gasteiger charge is 2.43. The van der Waals surface area contributed by atoms with Gasteiger partial charge in [-0.25, -0.2) is 0 Å². The number of fused-ring (bicyclic) bond motifs is 1. The average molecular weight is 317 g/mol. The molecule has 0 saturated carbocycles. The molecule has 1 aliphatic carbocycles. The molecule has 0 radical (unpaired) electrons. The molecule has 3 rings (SSSR count). The zero-order chi connectivity index (χ0) is 16.4. The SMILES string of the molecule is CCCc1nc(C)cc2c1C(OC)(OC)C=C2C1=COCCO1. The van der Waals surface area contributed by atoms with E-state index in [1.165, 1.54) is 0 Å². The number of methoxy groups -OCH3 is 2. The van der Waals surface area contributed by atoms with Crippen molar-refractivity contribution in [1.29, 1.82) is 0 Å². The van der Waals surface area contributed by atoms with E-state index < -0.39 is 5.79 Å². The highest BCUT2D eigenvalue weighted by Crippen LogP contribution is 2.46. The normalized spacial score (nSPS) is 18.6. The first-order valence-electron chi connectivity index (χ1n) is 7.94. The van der Waals surface area contributed by atoms with E-state index >= 15 is 0 Å². The first-order valence-corrected chi connectivity index (χ1v) is 7.94. The second kappa shape index (κ2) is 6.34. The van der Waals surface area contributed by atoms with E-state index in [1.807, 2.05) is 13.0 Å². The molecule has 0 atom stereocenters. The average Bonchev–Trinajstić information content (AvgIpc) is 2.91. The van der Waals surface area contributed by atoms with Gasteiger partial charge in [-0.05, 0) is 31.1 Å². The molecule has 1 aliphatic heterocycles. The fraction of sp³-hybridized carbons (Fsp3) is 0.500. The van der Waals surface area contributed by atoms with Gasteiger partial charge >= 0.3 is 0 Å². The van der Waals surface area contributed by atoms with E-state index in [0.29, 0.717) is 19.0 Å². The van der Waals surface area contributed by atoms with E-state index in [4.69, 9.17) is 23.9 Å². The van der Waals surface area contributed by atoms with E-state index in [2.05, 4.69) is 13.0 Å². The van der Waals surface area contributed by atoms with E-state index in [9.17, 15) is 0 Å². The molecule has 2 aliphatic rings.